The zero-order chi connectivity index (χ0) is 17.9. The summed E-state index contributed by atoms with van der Waals surface area (Å²) in [4.78, 5) is 11.6. The predicted molar refractivity (Wildman–Crippen MR) is 96.7 cm³/mol. The second-order valence-electron chi connectivity index (χ2n) is 5.74. The Labute approximate surface area is 152 Å². The van der Waals surface area contributed by atoms with Crippen molar-refractivity contribution in [2.45, 2.75) is 33.2 Å². The van der Waals surface area contributed by atoms with Crippen LogP contribution in [0.2, 0.25) is 0 Å². The molecule has 0 aliphatic carbocycles. The lowest BCUT2D eigenvalue weighted by Gasteiger charge is -2.17. The van der Waals surface area contributed by atoms with E-state index in [0.717, 1.165) is 5.56 Å². The number of nitrogens with two attached hydrogens (primary N) is 1. The highest BCUT2D eigenvalue weighted by Gasteiger charge is 2.20. The molecule has 2 rings (SSSR count). The van der Waals surface area contributed by atoms with Crippen LogP contribution in [0.4, 0.5) is 8.78 Å². The average Bonchev–Trinajstić information content (AvgIpc) is 2.50. The van der Waals surface area contributed by atoms with E-state index in [1.54, 1.807) is 39.0 Å². The first-order chi connectivity index (χ1) is 11.3. The van der Waals surface area contributed by atoms with E-state index in [-0.39, 0.29) is 36.8 Å². The van der Waals surface area contributed by atoms with Gasteiger partial charge in [-0.2, -0.15) is 0 Å². The van der Waals surface area contributed by atoms with Crippen LogP contribution in [-0.2, 0) is 9.53 Å². The Morgan fingerprint density at radius 1 is 1.20 bits per heavy atom. The number of ether oxygens (including phenoxy) is 1. The molecule has 0 aliphatic rings. The van der Waals surface area contributed by atoms with Gasteiger partial charge in [0.15, 0.2) is 0 Å². The van der Waals surface area contributed by atoms with E-state index < -0.39 is 17.8 Å². The molecule has 1 atom stereocenters. The van der Waals surface area contributed by atoms with Gasteiger partial charge in [-0.1, -0.05) is 12.1 Å². The second-order valence-corrected chi connectivity index (χ2v) is 5.74. The molecule has 3 nitrogen and oxygen atoms in total. The highest BCUT2D eigenvalue weighted by molar-refractivity contribution is 5.85. The zero-order valence-corrected chi connectivity index (χ0v) is 15.3. The van der Waals surface area contributed by atoms with Gasteiger partial charge in [0.05, 0.1) is 13.0 Å². The van der Waals surface area contributed by atoms with Gasteiger partial charge in [-0.05, 0) is 55.7 Å². The van der Waals surface area contributed by atoms with Gasteiger partial charge in [-0.25, -0.2) is 8.78 Å². The molecule has 0 spiro atoms. The van der Waals surface area contributed by atoms with Gasteiger partial charge in [0.2, 0.25) is 0 Å². The number of benzene rings is 2. The topological polar surface area (TPSA) is 52.3 Å². The second kappa shape index (κ2) is 8.92. The Morgan fingerprint density at radius 2 is 1.88 bits per heavy atom. The molecule has 0 saturated heterocycles. The minimum absolute atomic E-state index is 0. The quantitative estimate of drug-likeness (QED) is 0.782. The van der Waals surface area contributed by atoms with Gasteiger partial charge >= 0.3 is 5.97 Å². The Kier molecular flexibility index (Phi) is 7.52. The third-order valence-electron chi connectivity index (χ3n) is 3.88. The zero-order valence-electron chi connectivity index (χ0n) is 14.4. The molecule has 0 radical (unpaired) electrons. The van der Waals surface area contributed by atoms with Crippen LogP contribution in [0.15, 0.2) is 30.3 Å². The van der Waals surface area contributed by atoms with Crippen molar-refractivity contribution < 1.29 is 18.3 Å². The van der Waals surface area contributed by atoms with Gasteiger partial charge in [-0.3, -0.25) is 4.79 Å². The molecule has 0 saturated carbocycles. The lowest BCUT2D eigenvalue weighted by molar-refractivity contribution is -0.143. The van der Waals surface area contributed by atoms with Gasteiger partial charge < -0.3 is 10.5 Å². The van der Waals surface area contributed by atoms with Crippen LogP contribution in [0.3, 0.4) is 0 Å². The first-order valence-electron chi connectivity index (χ1n) is 7.81. The predicted octanol–water partition coefficient (Wildman–Crippen LogP) is 4.62. The van der Waals surface area contributed by atoms with E-state index in [9.17, 15) is 13.6 Å². The van der Waals surface area contributed by atoms with Crippen molar-refractivity contribution in [3.05, 3.63) is 58.7 Å². The molecule has 0 aromatic heterocycles. The third kappa shape index (κ3) is 4.77. The summed E-state index contributed by atoms with van der Waals surface area (Å²) in [5, 5.41) is 0. The molecule has 0 aliphatic heterocycles. The van der Waals surface area contributed by atoms with Crippen LogP contribution in [0.1, 0.15) is 36.1 Å². The number of aryl methyl sites for hydroxylation is 2. The van der Waals surface area contributed by atoms with E-state index >= 15 is 0 Å². The Balaban J connectivity index is 0.00000312. The van der Waals surface area contributed by atoms with Crippen molar-refractivity contribution in [1.29, 1.82) is 0 Å². The number of carbonyl (C=O) groups is 1. The van der Waals surface area contributed by atoms with Crippen molar-refractivity contribution in [2.24, 2.45) is 5.73 Å². The molecular weight excluding hydrogens is 348 g/mol. The molecule has 0 amide bonds. The van der Waals surface area contributed by atoms with Crippen molar-refractivity contribution in [3.8, 4) is 11.1 Å². The average molecular weight is 370 g/mol. The van der Waals surface area contributed by atoms with Crippen LogP contribution in [0.5, 0.6) is 0 Å². The van der Waals surface area contributed by atoms with Crippen molar-refractivity contribution in [2.75, 3.05) is 6.61 Å². The lowest BCUT2D eigenvalue weighted by Crippen LogP contribution is -2.19. The first kappa shape index (κ1) is 21.1. The summed E-state index contributed by atoms with van der Waals surface area (Å²) in [6.45, 7) is 5.31. The smallest absolute Gasteiger partial charge is 0.307 e. The third-order valence-corrected chi connectivity index (χ3v) is 3.88. The highest BCUT2D eigenvalue weighted by atomic mass is 35.5. The van der Waals surface area contributed by atoms with E-state index in [0.29, 0.717) is 16.7 Å². The molecule has 136 valence electrons. The Morgan fingerprint density at radius 3 is 2.48 bits per heavy atom. The summed E-state index contributed by atoms with van der Waals surface area (Å²) >= 11 is 0. The number of esters is 1. The minimum atomic E-state index is -0.852. The summed E-state index contributed by atoms with van der Waals surface area (Å²) < 4.78 is 33.5. The van der Waals surface area contributed by atoms with Crippen LogP contribution < -0.4 is 5.73 Å². The number of hydrogen-bond acceptors (Lipinski definition) is 3. The fourth-order valence-electron chi connectivity index (χ4n) is 2.72. The number of rotatable bonds is 5. The maximum Gasteiger partial charge on any atom is 0.307 e. The van der Waals surface area contributed by atoms with E-state index in [1.807, 2.05) is 0 Å². The molecule has 2 aromatic carbocycles. The van der Waals surface area contributed by atoms with Crippen molar-refractivity contribution in [3.63, 3.8) is 0 Å². The Hall–Kier alpha value is -1.98. The van der Waals surface area contributed by atoms with E-state index in [4.69, 9.17) is 10.5 Å². The largest absolute Gasteiger partial charge is 0.466 e. The SMILES string of the molecule is CCOC(=O)CC(N)c1cc(-c2c(C)cccc2F)cc(C)c1F.Cl. The highest BCUT2D eigenvalue weighted by Crippen LogP contribution is 2.32. The number of halogens is 3. The summed E-state index contributed by atoms with van der Waals surface area (Å²) in [5.41, 5.74) is 8.21. The summed E-state index contributed by atoms with van der Waals surface area (Å²) in [6.07, 6.45) is -0.135. The van der Waals surface area contributed by atoms with Crippen LogP contribution in [-0.4, -0.2) is 12.6 Å². The van der Waals surface area contributed by atoms with E-state index in [1.165, 1.54) is 12.1 Å². The molecule has 25 heavy (non-hydrogen) atoms. The summed E-state index contributed by atoms with van der Waals surface area (Å²) in [5.74, 6) is -1.36. The molecule has 2 aromatic rings. The van der Waals surface area contributed by atoms with Gasteiger partial charge in [0.1, 0.15) is 11.6 Å². The maximum atomic E-state index is 14.5. The van der Waals surface area contributed by atoms with Crippen LogP contribution in [0, 0.1) is 25.5 Å². The standard InChI is InChI=1S/C19H21F2NO2.ClH/c1-4-24-17(23)10-16(22)14-9-13(8-12(3)19(14)21)18-11(2)6-5-7-15(18)20;/h5-9,16H,4,10,22H2,1-3H3;1H. The van der Waals surface area contributed by atoms with E-state index in [2.05, 4.69) is 0 Å². The summed E-state index contributed by atoms with van der Waals surface area (Å²) in [6, 6.07) is 7.01. The Bertz CT molecular complexity index is 745. The molecule has 0 fully saturated rings. The molecular formula is C19H22ClF2NO2. The normalized spacial score (nSPS) is 11.6. The van der Waals surface area contributed by atoms with Crippen LogP contribution in [0.25, 0.3) is 11.1 Å². The van der Waals surface area contributed by atoms with Gasteiger partial charge in [-0.15, -0.1) is 12.4 Å². The van der Waals surface area contributed by atoms with Gasteiger partial charge in [0.25, 0.3) is 0 Å². The maximum absolute atomic E-state index is 14.5. The molecule has 2 N–H and O–H groups in total. The molecule has 1 unspecified atom stereocenters. The van der Waals surface area contributed by atoms with Crippen LogP contribution >= 0.6 is 12.4 Å². The minimum Gasteiger partial charge on any atom is -0.466 e. The molecule has 0 heterocycles. The molecule has 0 bridgehead atoms. The summed E-state index contributed by atoms with van der Waals surface area (Å²) in [7, 11) is 0. The monoisotopic (exact) mass is 369 g/mol. The van der Waals surface area contributed by atoms with Crippen molar-refractivity contribution in [1.82, 2.24) is 0 Å². The number of hydrogen-bond donors (Lipinski definition) is 1. The first-order valence-corrected chi connectivity index (χ1v) is 7.81. The lowest BCUT2D eigenvalue weighted by atomic mass is 9.93. The van der Waals surface area contributed by atoms with Crippen molar-refractivity contribution >= 4 is 18.4 Å². The molecule has 6 heteroatoms. The fraction of sp³-hybridized carbons (Fsp3) is 0.316. The number of carbonyl (C=O) groups excluding carboxylic acids is 1. The van der Waals surface area contributed by atoms with Gasteiger partial charge in [0, 0.05) is 17.2 Å². The fourth-order valence-corrected chi connectivity index (χ4v) is 2.72.